The zero-order valence-electron chi connectivity index (χ0n) is 8.38. The molecule has 0 saturated carbocycles. The molecule has 2 N–H and O–H groups in total. The summed E-state index contributed by atoms with van der Waals surface area (Å²) in [6, 6.07) is 5.62. The largest absolute Gasteiger partial charge is 0.489 e. The molecule has 0 amide bonds. The van der Waals surface area contributed by atoms with Crippen LogP contribution in [0.5, 0.6) is 5.75 Å². The van der Waals surface area contributed by atoms with Crippen LogP contribution in [0.2, 0.25) is 0 Å². The van der Waals surface area contributed by atoms with Crippen molar-refractivity contribution in [2.45, 2.75) is 13.8 Å². The van der Waals surface area contributed by atoms with Gasteiger partial charge in [0, 0.05) is 16.8 Å². The van der Waals surface area contributed by atoms with Gasteiger partial charge in [0.15, 0.2) is 0 Å². The zero-order chi connectivity index (χ0) is 10.6. The fourth-order valence-electron chi connectivity index (χ4n) is 1.01. The minimum atomic E-state index is 0.494. The highest BCUT2D eigenvalue weighted by Gasteiger charge is 2.01. The molecule has 1 aromatic rings. The first-order valence-electron chi connectivity index (χ1n) is 4.39. The highest BCUT2D eigenvalue weighted by molar-refractivity contribution is 6.25. The van der Waals surface area contributed by atoms with Crippen molar-refractivity contribution in [3.63, 3.8) is 0 Å². The smallest absolute Gasteiger partial charge is 0.124 e. The van der Waals surface area contributed by atoms with Gasteiger partial charge in [0.25, 0.3) is 0 Å². The highest BCUT2D eigenvalue weighted by atomic mass is 35.5. The van der Waals surface area contributed by atoms with Crippen LogP contribution in [0.3, 0.4) is 0 Å². The zero-order valence-corrected chi connectivity index (χ0v) is 9.14. The van der Waals surface area contributed by atoms with Gasteiger partial charge in [-0.1, -0.05) is 17.7 Å². The van der Waals surface area contributed by atoms with Gasteiger partial charge >= 0.3 is 0 Å². The molecule has 76 valence electrons. The van der Waals surface area contributed by atoms with Crippen LogP contribution in [0.4, 0.5) is 5.69 Å². The molecule has 0 heterocycles. The van der Waals surface area contributed by atoms with Crippen molar-refractivity contribution in [2.24, 2.45) is 0 Å². The Morgan fingerprint density at radius 1 is 1.57 bits per heavy atom. The predicted octanol–water partition coefficient (Wildman–Crippen LogP) is 3.10. The average molecular weight is 212 g/mol. The molecule has 0 bridgehead atoms. The van der Waals surface area contributed by atoms with E-state index in [1.54, 1.807) is 0 Å². The monoisotopic (exact) mass is 211 g/mol. The van der Waals surface area contributed by atoms with Crippen molar-refractivity contribution in [2.75, 3.05) is 12.3 Å². The lowest BCUT2D eigenvalue weighted by Crippen LogP contribution is -2.01. The summed E-state index contributed by atoms with van der Waals surface area (Å²) in [5.74, 6) is 0.808. The lowest BCUT2D eigenvalue weighted by atomic mass is 10.2. The van der Waals surface area contributed by atoms with Gasteiger partial charge in [-0.25, -0.2) is 0 Å². The molecule has 1 aromatic carbocycles. The first-order valence-corrected chi connectivity index (χ1v) is 4.82. The fourth-order valence-corrected chi connectivity index (χ4v) is 1.07. The number of ether oxygens (including phenoxy) is 1. The molecule has 0 spiro atoms. The van der Waals surface area contributed by atoms with Gasteiger partial charge in [0.2, 0.25) is 0 Å². The number of halogens is 1. The quantitative estimate of drug-likeness (QED) is 0.780. The van der Waals surface area contributed by atoms with Gasteiger partial charge in [-0.3, -0.25) is 0 Å². The minimum absolute atomic E-state index is 0.494. The average Bonchev–Trinajstić information content (AvgIpc) is 2.20. The van der Waals surface area contributed by atoms with E-state index in [-0.39, 0.29) is 0 Å². The van der Waals surface area contributed by atoms with Crippen LogP contribution in [0.25, 0.3) is 0 Å². The maximum atomic E-state index is 5.74. The lowest BCUT2D eigenvalue weighted by molar-refractivity contribution is 0.350. The van der Waals surface area contributed by atoms with Crippen molar-refractivity contribution < 1.29 is 4.74 Å². The maximum Gasteiger partial charge on any atom is 0.124 e. The first kappa shape index (κ1) is 10.9. The molecule has 0 aliphatic rings. The summed E-state index contributed by atoms with van der Waals surface area (Å²) in [6.45, 7) is 4.34. The van der Waals surface area contributed by atoms with E-state index in [0.29, 0.717) is 6.61 Å². The molecule has 3 heteroatoms. The third kappa shape index (κ3) is 2.67. The first-order chi connectivity index (χ1) is 6.65. The summed E-state index contributed by atoms with van der Waals surface area (Å²) in [5, 5.41) is 0. The molecular formula is C11H14ClNO. The van der Waals surface area contributed by atoms with E-state index in [2.05, 4.69) is 0 Å². The third-order valence-electron chi connectivity index (χ3n) is 1.97. The second-order valence-electron chi connectivity index (χ2n) is 3.21. The summed E-state index contributed by atoms with van der Waals surface area (Å²) >= 11 is 5.52. The van der Waals surface area contributed by atoms with Gasteiger partial charge in [-0.05, 0) is 31.6 Å². The van der Waals surface area contributed by atoms with Crippen LogP contribution in [0.15, 0.2) is 29.3 Å². The second kappa shape index (κ2) is 4.91. The summed E-state index contributed by atoms with van der Waals surface area (Å²) in [7, 11) is 0. The van der Waals surface area contributed by atoms with E-state index < -0.39 is 0 Å². The molecule has 0 unspecified atom stereocenters. The van der Waals surface area contributed by atoms with Gasteiger partial charge in [-0.2, -0.15) is 0 Å². The van der Waals surface area contributed by atoms with Crippen LogP contribution in [0, 0.1) is 6.92 Å². The number of nitrogen functional groups attached to an aromatic ring is 1. The fraction of sp³-hybridized carbons (Fsp3) is 0.273. The normalized spacial score (nSPS) is 11.5. The van der Waals surface area contributed by atoms with E-state index in [1.807, 2.05) is 32.0 Å². The number of hydrogen-bond donors (Lipinski definition) is 1. The molecule has 0 radical (unpaired) electrons. The van der Waals surface area contributed by atoms with Crippen LogP contribution in [-0.4, -0.2) is 6.61 Å². The second-order valence-corrected chi connectivity index (χ2v) is 3.43. The van der Waals surface area contributed by atoms with Crippen LogP contribution >= 0.6 is 11.6 Å². The van der Waals surface area contributed by atoms with E-state index in [4.69, 9.17) is 22.1 Å². The molecule has 0 saturated heterocycles. The molecule has 1 rings (SSSR count). The van der Waals surface area contributed by atoms with Crippen molar-refractivity contribution in [3.05, 3.63) is 34.9 Å². The Bertz CT molecular complexity index is 347. The van der Waals surface area contributed by atoms with E-state index in [0.717, 1.165) is 22.6 Å². The number of anilines is 1. The summed E-state index contributed by atoms with van der Waals surface area (Å²) in [6.07, 6.45) is 0. The van der Waals surface area contributed by atoms with Crippen molar-refractivity contribution in [1.82, 2.24) is 0 Å². The standard InChI is InChI=1S/C11H14ClNO/c1-8(6-12)7-14-11-5-3-4-10(13)9(11)2/h3-6H,7,13H2,1-2H3/b8-6-. The van der Waals surface area contributed by atoms with Crippen molar-refractivity contribution in [3.8, 4) is 5.75 Å². The molecule has 0 aromatic heterocycles. The Morgan fingerprint density at radius 2 is 2.29 bits per heavy atom. The van der Waals surface area contributed by atoms with Crippen LogP contribution < -0.4 is 10.5 Å². The Labute approximate surface area is 89.3 Å². The summed E-state index contributed by atoms with van der Waals surface area (Å²) in [5.41, 5.74) is 9.95. The topological polar surface area (TPSA) is 35.2 Å². The van der Waals surface area contributed by atoms with Crippen molar-refractivity contribution >= 4 is 17.3 Å². The van der Waals surface area contributed by atoms with E-state index in [1.165, 1.54) is 5.54 Å². The SMILES string of the molecule is C/C(=C/Cl)COc1cccc(N)c1C. The molecule has 14 heavy (non-hydrogen) atoms. The number of rotatable bonds is 3. The molecule has 0 atom stereocenters. The molecule has 0 aliphatic carbocycles. The summed E-state index contributed by atoms with van der Waals surface area (Å²) in [4.78, 5) is 0. The molecule has 0 aliphatic heterocycles. The lowest BCUT2D eigenvalue weighted by Gasteiger charge is -2.10. The van der Waals surface area contributed by atoms with Gasteiger partial charge in [0.05, 0.1) is 0 Å². The maximum absolute atomic E-state index is 5.74. The number of benzene rings is 1. The van der Waals surface area contributed by atoms with Crippen LogP contribution in [-0.2, 0) is 0 Å². The Balaban J connectivity index is 2.73. The molecular weight excluding hydrogens is 198 g/mol. The van der Waals surface area contributed by atoms with Crippen LogP contribution in [0.1, 0.15) is 12.5 Å². The number of hydrogen-bond acceptors (Lipinski definition) is 2. The van der Waals surface area contributed by atoms with Gasteiger partial charge in [-0.15, -0.1) is 0 Å². The summed E-state index contributed by atoms with van der Waals surface area (Å²) < 4.78 is 5.54. The third-order valence-corrected chi connectivity index (χ3v) is 2.34. The molecule has 2 nitrogen and oxygen atoms in total. The molecule has 0 fully saturated rings. The van der Waals surface area contributed by atoms with E-state index in [9.17, 15) is 0 Å². The van der Waals surface area contributed by atoms with Crippen molar-refractivity contribution in [1.29, 1.82) is 0 Å². The Morgan fingerprint density at radius 3 is 2.93 bits per heavy atom. The van der Waals surface area contributed by atoms with Gasteiger partial charge < -0.3 is 10.5 Å². The predicted molar refractivity (Wildman–Crippen MR) is 60.7 cm³/mol. The Hall–Kier alpha value is -1.15. The highest BCUT2D eigenvalue weighted by Crippen LogP contribution is 2.23. The number of nitrogens with two attached hydrogens (primary N) is 1. The minimum Gasteiger partial charge on any atom is -0.489 e. The van der Waals surface area contributed by atoms with Gasteiger partial charge in [0.1, 0.15) is 12.4 Å². The Kier molecular flexibility index (Phi) is 3.84. The van der Waals surface area contributed by atoms with E-state index >= 15 is 0 Å².